The molecule has 1 aromatic carbocycles. The smallest absolute Gasteiger partial charge is 0.123 e. The van der Waals surface area contributed by atoms with Crippen LogP contribution in [0.5, 0.6) is 0 Å². The summed E-state index contributed by atoms with van der Waals surface area (Å²) < 4.78 is 1.09. The highest BCUT2D eigenvalue weighted by atomic mass is 79.9. The van der Waals surface area contributed by atoms with E-state index in [2.05, 4.69) is 45.0 Å². The van der Waals surface area contributed by atoms with E-state index in [1.54, 1.807) is 6.20 Å². The highest BCUT2D eigenvalue weighted by Gasteiger charge is 2.09. The molecule has 0 saturated heterocycles. The minimum absolute atomic E-state index is 0.344. The van der Waals surface area contributed by atoms with Crippen LogP contribution in [0.3, 0.4) is 0 Å². The molecule has 0 aliphatic heterocycles. The molecule has 3 nitrogen and oxygen atoms in total. The van der Waals surface area contributed by atoms with E-state index in [4.69, 9.17) is 18.0 Å². The molecule has 20 heavy (non-hydrogen) atoms. The zero-order valence-electron chi connectivity index (χ0n) is 11.2. The van der Waals surface area contributed by atoms with Crippen LogP contribution in [-0.4, -0.2) is 21.9 Å². The maximum Gasteiger partial charge on any atom is 0.123 e. The number of halogens is 1. The lowest BCUT2D eigenvalue weighted by Crippen LogP contribution is -2.21. The van der Waals surface area contributed by atoms with Crippen LogP contribution in [-0.2, 0) is 13.1 Å². The fraction of sp³-hybridized carbons (Fsp3) is 0.200. The van der Waals surface area contributed by atoms with Gasteiger partial charge in [0.2, 0.25) is 0 Å². The first kappa shape index (κ1) is 15.1. The first-order valence-corrected chi connectivity index (χ1v) is 7.43. The standard InChI is InChI=1S/C15H16BrN3S/c1-19(9-11-4-2-6-13(16)8-11)10-12-5-3-7-18-14(12)15(17)20/h2-8H,9-10H2,1H3,(H2,17,20). The number of pyridine rings is 1. The molecular formula is C15H16BrN3S. The molecule has 0 amide bonds. The normalized spacial score (nSPS) is 10.8. The van der Waals surface area contributed by atoms with E-state index in [1.807, 2.05) is 24.3 Å². The summed E-state index contributed by atoms with van der Waals surface area (Å²) in [5.41, 5.74) is 8.72. The van der Waals surface area contributed by atoms with Crippen LogP contribution in [0.4, 0.5) is 0 Å². The molecule has 0 radical (unpaired) electrons. The Morgan fingerprint density at radius 2 is 2.10 bits per heavy atom. The van der Waals surface area contributed by atoms with Crippen molar-refractivity contribution in [3.05, 3.63) is 63.9 Å². The summed E-state index contributed by atoms with van der Waals surface area (Å²) in [6.07, 6.45) is 1.71. The lowest BCUT2D eigenvalue weighted by atomic mass is 10.1. The highest BCUT2D eigenvalue weighted by Crippen LogP contribution is 2.15. The molecule has 5 heteroatoms. The first-order valence-electron chi connectivity index (χ1n) is 6.23. The van der Waals surface area contributed by atoms with Gasteiger partial charge in [0, 0.05) is 23.8 Å². The number of nitrogens with two attached hydrogens (primary N) is 1. The molecule has 2 aromatic rings. The average Bonchev–Trinajstić information content (AvgIpc) is 2.38. The number of rotatable bonds is 5. The second-order valence-corrected chi connectivity index (χ2v) is 6.03. The molecule has 0 fully saturated rings. The molecular weight excluding hydrogens is 334 g/mol. The van der Waals surface area contributed by atoms with Crippen molar-refractivity contribution in [2.75, 3.05) is 7.05 Å². The Bertz CT molecular complexity index is 616. The van der Waals surface area contributed by atoms with Crippen molar-refractivity contribution in [2.45, 2.75) is 13.1 Å². The van der Waals surface area contributed by atoms with Gasteiger partial charge in [-0.25, -0.2) is 0 Å². The highest BCUT2D eigenvalue weighted by molar-refractivity contribution is 9.10. The van der Waals surface area contributed by atoms with Crippen LogP contribution in [0.1, 0.15) is 16.8 Å². The third-order valence-corrected chi connectivity index (χ3v) is 3.59. The van der Waals surface area contributed by atoms with Crippen LogP contribution in [0.2, 0.25) is 0 Å². The van der Waals surface area contributed by atoms with Crippen molar-refractivity contribution < 1.29 is 0 Å². The molecule has 104 valence electrons. The Morgan fingerprint density at radius 1 is 1.30 bits per heavy atom. The minimum atomic E-state index is 0.344. The van der Waals surface area contributed by atoms with Crippen LogP contribution in [0.15, 0.2) is 47.1 Å². The summed E-state index contributed by atoms with van der Waals surface area (Å²) >= 11 is 8.53. The fourth-order valence-corrected chi connectivity index (χ4v) is 2.71. The third-order valence-electron chi connectivity index (χ3n) is 2.91. The average molecular weight is 350 g/mol. The quantitative estimate of drug-likeness (QED) is 0.842. The third kappa shape index (κ3) is 4.10. The predicted octanol–water partition coefficient (Wildman–Crippen LogP) is 3.11. The Kier molecular flexibility index (Phi) is 5.23. The number of thiocarbonyl (C=S) groups is 1. The number of hydrogen-bond donors (Lipinski definition) is 1. The van der Waals surface area contributed by atoms with E-state index < -0.39 is 0 Å². The van der Waals surface area contributed by atoms with Crippen molar-refractivity contribution in [3.8, 4) is 0 Å². The topological polar surface area (TPSA) is 42.2 Å². The Morgan fingerprint density at radius 3 is 2.80 bits per heavy atom. The van der Waals surface area contributed by atoms with Crippen LogP contribution >= 0.6 is 28.1 Å². The largest absolute Gasteiger partial charge is 0.388 e. The van der Waals surface area contributed by atoms with Crippen LogP contribution in [0, 0.1) is 0 Å². The van der Waals surface area contributed by atoms with Gasteiger partial charge in [0.05, 0.1) is 0 Å². The van der Waals surface area contributed by atoms with Crippen molar-refractivity contribution in [2.24, 2.45) is 5.73 Å². The second-order valence-electron chi connectivity index (χ2n) is 4.68. The SMILES string of the molecule is CN(Cc1cccc(Br)c1)Cc1cccnc1C(N)=S. The van der Waals surface area contributed by atoms with Crippen molar-refractivity contribution >= 4 is 33.1 Å². The van der Waals surface area contributed by atoms with Gasteiger partial charge in [-0.2, -0.15) is 0 Å². The van der Waals surface area contributed by atoms with Gasteiger partial charge in [-0.05, 0) is 36.4 Å². The van der Waals surface area contributed by atoms with E-state index in [9.17, 15) is 0 Å². The maximum absolute atomic E-state index is 5.71. The molecule has 0 aliphatic carbocycles. The van der Waals surface area contributed by atoms with Gasteiger partial charge >= 0.3 is 0 Å². The number of benzene rings is 1. The van der Waals surface area contributed by atoms with Gasteiger partial charge in [0.15, 0.2) is 0 Å². The molecule has 0 bridgehead atoms. The summed E-state index contributed by atoms with van der Waals surface area (Å²) in [7, 11) is 2.07. The molecule has 0 unspecified atom stereocenters. The summed E-state index contributed by atoms with van der Waals surface area (Å²) in [5.74, 6) is 0. The second kappa shape index (κ2) is 6.92. The molecule has 0 saturated carbocycles. The molecule has 0 aliphatic rings. The first-order chi connectivity index (χ1) is 9.56. The molecule has 1 aromatic heterocycles. The monoisotopic (exact) mass is 349 g/mol. The van der Waals surface area contributed by atoms with E-state index in [-0.39, 0.29) is 0 Å². The van der Waals surface area contributed by atoms with Gasteiger partial charge in [0.25, 0.3) is 0 Å². The molecule has 2 rings (SSSR count). The van der Waals surface area contributed by atoms with Gasteiger partial charge in [-0.15, -0.1) is 0 Å². The molecule has 0 atom stereocenters. The summed E-state index contributed by atoms with van der Waals surface area (Å²) in [4.78, 5) is 6.80. The lowest BCUT2D eigenvalue weighted by molar-refractivity contribution is 0.318. The molecule has 0 spiro atoms. The van der Waals surface area contributed by atoms with E-state index in [1.165, 1.54) is 5.56 Å². The Labute approximate surface area is 132 Å². The Hall–Kier alpha value is -1.30. The summed E-state index contributed by atoms with van der Waals surface area (Å²) in [6, 6.07) is 12.2. The van der Waals surface area contributed by atoms with Crippen LogP contribution in [0.25, 0.3) is 0 Å². The number of nitrogens with zero attached hydrogens (tertiary/aromatic N) is 2. The van der Waals surface area contributed by atoms with Crippen molar-refractivity contribution in [1.82, 2.24) is 9.88 Å². The van der Waals surface area contributed by atoms with Gasteiger partial charge in [-0.3, -0.25) is 9.88 Å². The molecule has 2 N–H and O–H groups in total. The van der Waals surface area contributed by atoms with Crippen molar-refractivity contribution in [1.29, 1.82) is 0 Å². The maximum atomic E-state index is 5.71. The van der Waals surface area contributed by atoms with Gasteiger partial charge < -0.3 is 5.73 Å². The number of hydrogen-bond acceptors (Lipinski definition) is 3. The van der Waals surface area contributed by atoms with E-state index in [0.29, 0.717) is 10.7 Å². The number of aromatic nitrogens is 1. The summed E-state index contributed by atoms with van der Waals surface area (Å²) in [6.45, 7) is 1.61. The Balaban J connectivity index is 2.08. The molecule has 1 heterocycles. The fourth-order valence-electron chi connectivity index (χ4n) is 2.08. The van der Waals surface area contributed by atoms with E-state index >= 15 is 0 Å². The van der Waals surface area contributed by atoms with Gasteiger partial charge in [-0.1, -0.05) is 46.3 Å². The minimum Gasteiger partial charge on any atom is -0.388 e. The van der Waals surface area contributed by atoms with Crippen molar-refractivity contribution in [3.63, 3.8) is 0 Å². The zero-order chi connectivity index (χ0) is 14.5. The van der Waals surface area contributed by atoms with Gasteiger partial charge in [0.1, 0.15) is 10.7 Å². The van der Waals surface area contributed by atoms with Crippen LogP contribution < -0.4 is 5.73 Å². The van der Waals surface area contributed by atoms with E-state index in [0.717, 1.165) is 23.1 Å². The predicted molar refractivity (Wildman–Crippen MR) is 89.4 cm³/mol. The zero-order valence-corrected chi connectivity index (χ0v) is 13.6. The lowest BCUT2D eigenvalue weighted by Gasteiger charge is -2.18. The summed E-state index contributed by atoms with van der Waals surface area (Å²) in [5, 5.41) is 0.